The molecule has 0 saturated carbocycles. The summed E-state index contributed by atoms with van der Waals surface area (Å²) in [5.74, 6) is 0. The lowest BCUT2D eigenvalue weighted by Gasteiger charge is -2.09. The van der Waals surface area contributed by atoms with Gasteiger partial charge in [-0.1, -0.05) is 6.92 Å². The second-order valence-electron chi connectivity index (χ2n) is 3.49. The van der Waals surface area contributed by atoms with E-state index in [1.54, 1.807) is 0 Å². The minimum atomic E-state index is -0.463. The van der Waals surface area contributed by atoms with E-state index in [1.165, 1.54) is 30.0 Å². The van der Waals surface area contributed by atoms with E-state index in [-0.39, 0.29) is 17.5 Å². The standard InChI is InChI=1S/C11H12N2O3S/c1-8(4-5-14)17-11-6-9(7-12)2-3-10(11)13(15)16/h2-3,6,8,14H,4-5H2,1H3. The molecule has 6 heteroatoms. The van der Waals surface area contributed by atoms with Crippen LogP contribution in [0, 0.1) is 21.4 Å². The zero-order chi connectivity index (χ0) is 12.8. The predicted octanol–water partition coefficient (Wildman–Crippen LogP) is 2.33. The number of hydrogen-bond acceptors (Lipinski definition) is 5. The number of rotatable bonds is 5. The molecule has 90 valence electrons. The Morgan fingerprint density at radius 2 is 2.35 bits per heavy atom. The Hall–Kier alpha value is -1.58. The first-order chi connectivity index (χ1) is 8.08. The number of benzene rings is 1. The molecule has 0 aliphatic rings. The van der Waals surface area contributed by atoms with Gasteiger partial charge in [0.2, 0.25) is 0 Å². The number of thioether (sulfide) groups is 1. The fraction of sp³-hybridized carbons (Fsp3) is 0.364. The highest BCUT2D eigenvalue weighted by molar-refractivity contribution is 8.00. The monoisotopic (exact) mass is 252 g/mol. The highest BCUT2D eigenvalue weighted by atomic mass is 32.2. The van der Waals surface area contributed by atoms with Crippen molar-refractivity contribution in [1.29, 1.82) is 5.26 Å². The molecule has 0 heterocycles. The molecule has 0 aromatic heterocycles. The van der Waals surface area contributed by atoms with E-state index in [1.807, 2.05) is 13.0 Å². The lowest BCUT2D eigenvalue weighted by molar-refractivity contribution is -0.387. The Balaban J connectivity index is 3.01. The predicted molar refractivity (Wildman–Crippen MR) is 64.8 cm³/mol. The number of hydrogen-bond donors (Lipinski definition) is 1. The van der Waals surface area contributed by atoms with Crippen LogP contribution in [-0.4, -0.2) is 21.9 Å². The summed E-state index contributed by atoms with van der Waals surface area (Å²) in [5, 5.41) is 28.4. The average Bonchev–Trinajstić information content (AvgIpc) is 2.28. The lowest BCUT2D eigenvalue weighted by atomic mass is 10.2. The van der Waals surface area contributed by atoms with Gasteiger partial charge in [-0.25, -0.2) is 0 Å². The van der Waals surface area contributed by atoms with Gasteiger partial charge >= 0.3 is 0 Å². The van der Waals surface area contributed by atoms with Gasteiger partial charge in [0.1, 0.15) is 0 Å². The van der Waals surface area contributed by atoms with Gasteiger partial charge in [0.05, 0.1) is 21.5 Å². The van der Waals surface area contributed by atoms with E-state index >= 15 is 0 Å². The molecule has 0 amide bonds. The molecule has 0 bridgehead atoms. The molecule has 1 aromatic carbocycles. The third-order valence-electron chi connectivity index (χ3n) is 2.15. The Morgan fingerprint density at radius 3 is 2.88 bits per heavy atom. The molecule has 0 spiro atoms. The first kappa shape index (κ1) is 13.5. The maximum atomic E-state index is 10.8. The average molecular weight is 252 g/mol. The van der Waals surface area contributed by atoms with Crippen LogP contribution in [0.15, 0.2) is 23.1 Å². The summed E-state index contributed by atoms with van der Waals surface area (Å²) < 4.78 is 0. The van der Waals surface area contributed by atoms with Crippen LogP contribution in [0.25, 0.3) is 0 Å². The Kier molecular flexibility index (Phi) is 4.94. The Labute approximate surface area is 103 Å². The number of aliphatic hydroxyl groups is 1. The molecule has 0 saturated heterocycles. The molecule has 1 N–H and O–H groups in total. The summed E-state index contributed by atoms with van der Waals surface area (Å²) in [4.78, 5) is 10.8. The maximum Gasteiger partial charge on any atom is 0.282 e. The van der Waals surface area contributed by atoms with E-state index in [4.69, 9.17) is 10.4 Å². The summed E-state index contributed by atoms with van der Waals surface area (Å²) in [5.41, 5.74) is 0.396. The van der Waals surface area contributed by atoms with Crippen LogP contribution in [0.5, 0.6) is 0 Å². The van der Waals surface area contributed by atoms with Gasteiger partial charge in [0, 0.05) is 17.9 Å². The summed E-state index contributed by atoms with van der Waals surface area (Å²) in [7, 11) is 0. The van der Waals surface area contributed by atoms with Gasteiger partial charge < -0.3 is 5.11 Å². The van der Waals surface area contributed by atoms with Crippen LogP contribution < -0.4 is 0 Å². The van der Waals surface area contributed by atoms with Gasteiger partial charge in [0.15, 0.2) is 0 Å². The normalized spacial score (nSPS) is 11.8. The lowest BCUT2D eigenvalue weighted by Crippen LogP contribution is -2.01. The highest BCUT2D eigenvalue weighted by Gasteiger charge is 2.17. The van der Waals surface area contributed by atoms with Crippen molar-refractivity contribution in [3.05, 3.63) is 33.9 Å². The summed E-state index contributed by atoms with van der Waals surface area (Å²) in [6, 6.07) is 6.23. The van der Waals surface area contributed by atoms with Gasteiger partial charge in [-0.15, -0.1) is 11.8 Å². The molecule has 5 nitrogen and oxygen atoms in total. The van der Waals surface area contributed by atoms with Crippen LogP contribution in [0.4, 0.5) is 5.69 Å². The van der Waals surface area contributed by atoms with Gasteiger partial charge in [-0.2, -0.15) is 5.26 Å². The Morgan fingerprint density at radius 1 is 1.65 bits per heavy atom. The summed E-state index contributed by atoms with van der Waals surface area (Å²) in [6.07, 6.45) is 0.554. The smallest absolute Gasteiger partial charge is 0.282 e. The van der Waals surface area contributed by atoms with Crippen molar-refractivity contribution in [3.8, 4) is 6.07 Å². The van der Waals surface area contributed by atoms with E-state index in [2.05, 4.69) is 0 Å². The topological polar surface area (TPSA) is 87.2 Å². The van der Waals surface area contributed by atoms with E-state index in [0.717, 1.165) is 0 Å². The third-order valence-corrected chi connectivity index (χ3v) is 3.37. The van der Waals surface area contributed by atoms with Crippen LogP contribution in [0.3, 0.4) is 0 Å². The van der Waals surface area contributed by atoms with Crippen LogP contribution in [-0.2, 0) is 0 Å². The van der Waals surface area contributed by atoms with Crippen LogP contribution >= 0.6 is 11.8 Å². The quantitative estimate of drug-likeness (QED) is 0.493. The number of nitro groups is 1. The van der Waals surface area contributed by atoms with E-state index < -0.39 is 4.92 Å². The van der Waals surface area contributed by atoms with E-state index in [0.29, 0.717) is 16.9 Å². The number of nitro benzene ring substituents is 1. The zero-order valence-corrected chi connectivity index (χ0v) is 10.1. The van der Waals surface area contributed by atoms with Gasteiger partial charge in [-0.3, -0.25) is 10.1 Å². The summed E-state index contributed by atoms with van der Waals surface area (Å²) >= 11 is 1.30. The van der Waals surface area contributed by atoms with Crippen molar-refractivity contribution in [2.45, 2.75) is 23.5 Å². The van der Waals surface area contributed by atoms with Crippen molar-refractivity contribution in [3.63, 3.8) is 0 Å². The molecule has 1 rings (SSSR count). The molecular weight excluding hydrogens is 240 g/mol. The zero-order valence-electron chi connectivity index (χ0n) is 9.29. The molecule has 1 aromatic rings. The van der Waals surface area contributed by atoms with Crippen molar-refractivity contribution < 1.29 is 10.0 Å². The molecule has 1 unspecified atom stereocenters. The van der Waals surface area contributed by atoms with Crippen LogP contribution in [0.1, 0.15) is 18.9 Å². The fourth-order valence-electron chi connectivity index (χ4n) is 1.29. The number of aliphatic hydroxyl groups excluding tert-OH is 1. The molecule has 0 aliphatic carbocycles. The van der Waals surface area contributed by atoms with Gasteiger partial charge in [-0.05, 0) is 18.6 Å². The van der Waals surface area contributed by atoms with Crippen LogP contribution in [0.2, 0.25) is 0 Å². The van der Waals surface area contributed by atoms with Crippen molar-refractivity contribution in [2.24, 2.45) is 0 Å². The maximum absolute atomic E-state index is 10.8. The summed E-state index contributed by atoms with van der Waals surface area (Å²) in [6.45, 7) is 1.92. The van der Waals surface area contributed by atoms with E-state index in [9.17, 15) is 10.1 Å². The van der Waals surface area contributed by atoms with Crippen molar-refractivity contribution in [1.82, 2.24) is 0 Å². The fourth-order valence-corrected chi connectivity index (χ4v) is 2.40. The minimum absolute atomic E-state index is 0.00112. The largest absolute Gasteiger partial charge is 0.396 e. The first-order valence-corrected chi connectivity index (χ1v) is 5.92. The van der Waals surface area contributed by atoms with Gasteiger partial charge in [0.25, 0.3) is 5.69 Å². The minimum Gasteiger partial charge on any atom is -0.396 e. The Bertz CT molecular complexity index is 457. The second kappa shape index (κ2) is 6.23. The molecule has 1 atom stereocenters. The first-order valence-electron chi connectivity index (χ1n) is 5.04. The van der Waals surface area contributed by atoms with Crippen molar-refractivity contribution >= 4 is 17.4 Å². The third kappa shape index (κ3) is 3.73. The number of nitrogens with zero attached hydrogens (tertiary/aromatic N) is 2. The van der Waals surface area contributed by atoms with Crippen molar-refractivity contribution in [2.75, 3.05) is 6.61 Å². The molecule has 0 fully saturated rings. The second-order valence-corrected chi connectivity index (χ2v) is 4.97. The highest BCUT2D eigenvalue weighted by Crippen LogP contribution is 2.33. The number of nitriles is 1. The molecule has 0 aliphatic heterocycles. The SMILES string of the molecule is CC(CCO)Sc1cc(C#N)ccc1[N+](=O)[O-]. The molecule has 17 heavy (non-hydrogen) atoms. The molecular formula is C11H12N2O3S. The molecule has 0 radical (unpaired) electrons.